The highest BCUT2D eigenvalue weighted by Crippen LogP contribution is 2.29. The Bertz CT molecular complexity index is 605. The van der Waals surface area contributed by atoms with Gasteiger partial charge in [0.05, 0.1) is 23.6 Å². The Morgan fingerprint density at radius 3 is 2.84 bits per heavy atom. The number of para-hydroxylation sites is 1. The second-order valence-electron chi connectivity index (χ2n) is 4.78. The fourth-order valence-corrected chi connectivity index (χ4v) is 3.24. The standard InChI is InChI=1S/C14H17BrN4/c1-10-17-12(8-16)14-9-18(6-7-19(10)14)13-5-3-2-4-11(13)15/h2-5H,6-9,16H2,1H3. The van der Waals surface area contributed by atoms with E-state index in [0.29, 0.717) is 6.54 Å². The number of anilines is 1. The van der Waals surface area contributed by atoms with Crippen LogP contribution < -0.4 is 10.6 Å². The number of nitrogens with two attached hydrogens (primary N) is 1. The third-order valence-corrected chi connectivity index (χ3v) is 4.34. The zero-order chi connectivity index (χ0) is 13.4. The lowest BCUT2D eigenvalue weighted by atomic mass is 10.2. The van der Waals surface area contributed by atoms with E-state index >= 15 is 0 Å². The molecule has 4 nitrogen and oxygen atoms in total. The number of aromatic nitrogens is 2. The summed E-state index contributed by atoms with van der Waals surface area (Å²) in [4.78, 5) is 6.94. The van der Waals surface area contributed by atoms with E-state index < -0.39 is 0 Å². The van der Waals surface area contributed by atoms with E-state index in [9.17, 15) is 0 Å². The fourth-order valence-electron chi connectivity index (χ4n) is 2.70. The topological polar surface area (TPSA) is 47.1 Å². The molecule has 1 aromatic heterocycles. The van der Waals surface area contributed by atoms with Gasteiger partial charge in [-0.1, -0.05) is 12.1 Å². The maximum atomic E-state index is 5.80. The lowest BCUT2D eigenvalue weighted by Crippen LogP contribution is -2.34. The molecule has 2 N–H and O–H groups in total. The van der Waals surface area contributed by atoms with Crippen molar-refractivity contribution in [1.29, 1.82) is 0 Å². The number of aryl methyl sites for hydroxylation is 1. The smallest absolute Gasteiger partial charge is 0.106 e. The average Bonchev–Trinajstić information content (AvgIpc) is 2.75. The van der Waals surface area contributed by atoms with Gasteiger partial charge in [-0.2, -0.15) is 0 Å². The highest BCUT2D eigenvalue weighted by atomic mass is 79.9. The molecule has 2 heterocycles. The van der Waals surface area contributed by atoms with E-state index in [2.05, 4.69) is 55.5 Å². The van der Waals surface area contributed by atoms with Crippen molar-refractivity contribution < 1.29 is 0 Å². The minimum Gasteiger partial charge on any atom is -0.363 e. The van der Waals surface area contributed by atoms with E-state index in [1.807, 2.05) is 6.07 Å². The normalized spacial score (nSPS) is 14.6. The number of imidazole rings is 1. The summed E-state index contributed by atoms with van der Waals surface area (Å²) >= 11 is 3.62. The van der Waals surface area contributed by atoms with Crippen LogP contribution in [0.5, 0.6) is 0 Å². The van der Waals surface area contributed by atoms with Gasteiger partial charge in [-0.25, -0.2) is 4.98 Å². The molecule has 19 heavy (non-hydrogen) atoms. The molecule has 0 saturated carbocycles. The molecule has 1 aliphatic rings. The minimum atomic E-state index is 0.507. The summed E-state index contributed by atoms with van der Waals surface area (Å²) in [6.07, 6.45) is 0. The van der Waals surface area contributed by atoms with Crippen molar-refractivity contribution in [3.8, 4) is 0 Å². The van der Waals surface area contributed by atoms with Crippen molar-refractivity contribution in [3.05, 3.63) is 46.0 Å². The summed E-state index contributed by atoms with van der Waals surface area (Å²) in [5, 5.41) is 0. The largest absolute Gasteiger partial charge is 0.363 e. The van der Waals surface area contributed by atoms with Gasteiger partial charge >= 0.3 is 0 Å². The van der Waals surface area contributed by atoms with Crippen LogP contribution in [-0.4, -0.2) is 16.1 Å². The molecule has 0 radical (unpaired) electrons. The van der Waals surface area contributed by atoms with Gasteiger partial charge in [0, 0.05) is 24.1 Å². The van der Waals surface area contributed by atoms with E-state index in [1.54, 1.807) is 0 Å². The second-order valence-corrected chi connectivity index (χ2v) is 5.64. The van der Waals surface area contributed by atoms with Gasteiger partial charge in [-0.15, -0.1) is 0 Å². The minimum absolute atomic E-state index is 0.507. The molecule has 5 heteroatoms. The first-order valence-corrected chi connectivity index (χ1v) is 7.24. The summed E-state index contributed by atoms with van der Waals surface area (Å²) in [5.41, 5.74) is 9.30. The molecular formula is C14H17BrN4. The Morgan fingerprint density at radius 2 is 2.11 bits per heavy atom. The second kappa shape index (κ2) is 4.98. The summed E-state index contributed by atoms with van der Waals surface area (Å²) < 4.78 is 3.42. The number of hydrogen-bond donors (Lipinski definition) is 1. The van der Waals surface area contributed by atoms with Gasteiger partial charge in [-0.05, 0) is 35.0 Å². The van der Waals surface area contributed by atoms with Gasteiger partial charge in [0.1, 0.15) is 5.82 Å². The molecule has 2 aromatic rings. The molecule has 0 atom stereocenters. The van der Waals surface area contributed by atoms with Crippen LogP contribution in [0.3, 0.4) is 0 Å². The van der Waals surface area contributed by atoms with Gasteiger partial charge in [0.25, 0.3) is 0 Å². The third-order valence-electron chi connectivity index (χ3n) is 3.67. The molecule has 1 aliphatic heterocycles. The molecule has 0 unspecified atom stereocenters. The summed E-state index contributed by atoms with van der Waals surface area (Å²) in [5.74, 6) is 1.07. The molecule has 0 bridgehead atoms. The van der Waals surface area contributed by atoms with Crippen molar-refractivity contribution in [2.24, 2.45) is 5.73 Å². The molecule has 0 fully saturated rings. The molecular weight excluding hydrogens is 304 g/mol. The van der Waals surface area contributed by atoms with Crippen LogP contribution in [0, 0.1) is 6.92 Å². The number of rotatable bonds is 2. The zero-order valence-corrected chi connectivity index (χ0v) is 12.5. The Kier molecular flexibility index (Phi) is 3.33. The van der Waals surface area contributed by atoms with E-state index in [1.165, 1.54) is 11.4 Å². The maximum absolute atomic E-state index is 5.80. The Morgan fingerprint density at radius 1 is 1.32 bits per heavy atom. The highest BCUT2D eigenvalue weighted by Gasteiger charge is 2.22. The number of fused-ring (bicyclic) bond motifs is 1. The van der Waals surface area contributed by atoms with Crippen LogP contribution >= 0.6 is 15.9 Å². The van der Waals surface area contributed by atoms with Crippen LogP contribution in [0.1, 0.15) is 17.2 Å². The van der Waals surface area contributed by atoms with Crippen LogP contribution in [0.4, 0.5) is 5.69 Å². The molecule has 0 aliphatic carbocycles. The molecule has 3 rings (SSSR count). The maximum Gasteiger partial charge on any atom is 0.106 e. The fraction of sp³-hybridized carbons (Fsp3) is 0.357. The summed E-state index contributed by atoms with van der Waals surface area (Å²) in [6.45, 7) is 5.39. The Labute approximate surface area is 121 Å². The Hall–Kier alpha value is -1.33. The third kappa shape index (κ3) is 2.17. The van der Waals surface area contributed by atoms with Crippen molar-refractivity contribution in [1.82, 2.24) is 9.55 Å². The summed E-state index contributed by atoms with van der Waals surface area (Å²) in [7, 11) is 0. The van der Waals surface area contributed by atoms with Gasteiger partial charge in [-0.3, -0.25) is 0 Å². The first-order valence-electron chi connectivity index (χ1n) is 6.45. The van der Waals surface area contributed by atoms with Crippen molar-refractivity contribution in [2.75, 3.05) is 11.4 Å². The van der Waals surface area contributed by atoms with Crippen molar-refractivity contribution in [2.45, 2.75) is 26.6 Å². The van der Waals surface area contributed by atoms with Crippen LogP contribution in [0.2, 0.25) is 0 Å². The molecule has 100 valence electrons. The van der Waals surface area contributed by atoms with Crippen LogP contribution in [0.15, 0.2) is 28.7 Å². The van der Waals surface area contributed by atoms with E-state index in [4.69, 9.17) is 5.73 Å². The predicted octanol–water partition coefficient (Wildman–Crippen LogP) is 2.43. The first-order chi connectivity index (χ1) is 9.20. The quantitative estimate of drug-likeness (QED) is 0.924. The average molecular weight is 321 g/mol. The van der Waals surface area contributed by atoms with Crippen LogP contribution in [-0.2, 0) is 19.6 Å². The molecule has 0 spiro atoms. The van der Waals surface area contributed by atoms with Crippen LogP contribution in [0.25, 0.3) is 0 Å². The molecule has 0 amide bonds. The number of benzene rings is 1. The Balaban J connectivity index is 1.96. The van der Waals surface area contributed by atoms with E-state index in [0.717, 1.165) is 35.6 Å². The number of halogens is 1. The molecule has 0 saturated heterocycles. The monoisotopic (exact) mass is 320 g/mol. The zero-order valence-electron chi connectivity index (χ0n) is 10.9. The predicted molar refractivity (Wildman–Crippen MR) is 80.0 cm³/mol. The lowest BCUT2D eigenvalue weighted by Gasteiger charge is -2.31. The molecule has 1 aromatic carbocycles. The number of hydrogen-bond acceptors (Lipinski definition) is 3. The van der Waals surface area contributed by atoms with Crippen molar-refractivity contribution in [3.63, 3.8) is 0 Å². The van der Waals surface area contributed by atoms with Gasteiger partial charge in [0.15, 0.2) is 0 Å². The lowest BCUT2D eigenvalue weighted by molar-refractivity contribution is 0.556. The van der Waals surface area contributed by atoms with Crippen molar-refractivity contribution >= 4 is 21.6 Å². The number of nitrogens with zero attached hydrogens (tertiary/aromatic N) is 3. The van der Waals surface area contributed by atoms with E-state index in [-0.39, 0.29) is 0 Å². The summed E-state index contributed by atoms with van der Waals surface area (Å²) in [6, 6.07) is 8.33. The highest BCUT2D eigenvalue weighted by molar-refractivity contribution is 9.10. The van der Waals surface area contributed by atoms with Gasteiger partial charge < -0.3 is 15.2 Å². The SMILES string of the molecule is Cc1nc(CN)c2n1CCN(c1ccccc1Br)C2. The first kappa shape index (κ1) is 12.7. The van der Waals surface area contributed by atoms with Gasteiger partial charge in [0.2, 0.25) is 0 Å².